The summed E-state index contributed by atoms with van der Waals surface area (Å²) in [7, 11) is 0. The van der Waals surface area contributed by atoms with Gasteiger partial charge in [0.05, 0.1) is 12.1 Å². The van der Waals surface area contributed by atoms with Crippen molar-refractivity contribution in [1.82, 2.24) is 19.9 Å². The van der Waals surface area contributed by atoms with E-state index in [1.54, 1.807) is 4.52 Å². The van der Waals surface area contributed by atoms with E-state index in [1.807, 2.05) is 37.5 Å². The first kappa shape index (κ1) is 19.0. The summed E-state index contributed by atoms with van der Waals surface area (Å²) in [5.74, 6) is 1.36. The summed E-state index contributed by atoms with van der Waals surface area (Å²) >= 11 is 0. The van der Waals surface area contributed by atoms with Gasteiger partial charge in [0.25, 0.3) is 0 Å². The molecule has 0 bridgehead atoms. The number of amides is 1. The Labute approximate surface area is 174 Å². The van der Waals surface area contributed by atoms with Gasteiger partial charge in [-0.1, -0.05) is 0 Å². The highest BCUT2D eigenvalue weighted by atomic mass is 16.5. The summed E-state index contributed by atoms with van der Waals surface area (Å²) in [5.41, 5.74) is 3.85. The topological polar surface area (TPSA) is 89.8 Å². The second kappa shape index (κ2) is 8.04. The van der Waals surface area contributed by atoms with Crippen LogP contribution in [0.4, 0.5) is 5.82 Å². The standard InChI is InChI=1S/C22H25N5O3/c1-14-8-19(22(24-11-14)30-13-18-12-23-5-7-29-18)16-4-6-27-17(9-16)10-20(26-27)25-21(28)15-2-3-15/h4,6,8-11,15,18,23H,2-3,5,7,12-13H2,1H3,(H,25,26,28)/t18-/m0/s1. The van der Waals surface area contributed by atoms with Gasteiger partial charge < -0.3 is 20.1 Å². The molecule has 8 heteroatoms. The van der Waals surface area contributed by atoms with Crippen molar-refractivity contribution >= 4 is 17.2 Å². The summed E-state index contributed by atoms with van der Waals surface area (Å²) in [6.07, 6.45) is 5.65. The molecule has 8 nitrogen and oxygen atoms in total. The molecule has 0 unspecified atom stereocenters. The molecule has 156 valence electrons. The van der Waals surface area contributed by atoms with E-state index in [1.165, 1.54) is 0 Å². The average molecular weight is 407 g/mol. The molecular formula is C22H25N5O3. The van der Waals surface area contributed by atoms with Crippen LogP contribution in [0.15, 0.2) is 36.7 Å². The number of morpholine rings is 1. The largest absolute Gasteiger partial charge is 0.474 e. The number of aryl methyl sites for hydroxylation is 1. The molecule has 4 heterocycles. The van der Waals surface area contributed by atoms with E-state index in [9.17, 15) is 4.79 Å². The van der Waals surface area contributed by atoms with E-state index in [4.69, 9.17) is 9.47 Å². The Hall–Kier alpha value is -2.97. The van der Waals surface area contributed by atoms with Crippen molar-refractivity contribution in [2.45, 2.75) is 25.9 Å². The fourth-order valence-corrected chi connectivity index (χ4v) is 3.57. The number of anilines is 1. The van der Waals surface area contributed by atoms with Crippen molar-refractivity contribution in [3.05, 3.63) is 42.2 Å². The molecule has 1 aliphatic heterocycles. The summed E-state index contributed by atoms with van der Waals surface area (Å²) in [6, 6.07) is 7.96. The minimum absolute atomic E-state index is 0.0182. The third-order valence-corrected chi connectivity index (χ3v) is 5.37. The number of pyridine rings is 2. The van der Waals surface area contributed by atoms with Crippen LogP contribution < -0.4 is 15.4 Å². The Morgan fingerprint density at radius 3 is 3.07 bits per heavy atom. The third-order valence-electron chi connectivity index (χ3n) is 5.37. The number of rotatable bonds is 6. The van der Waals surface area contributed by atoms with Gasteiger partial charge in [-0.3, -0.25) is 4.79 Å². The van der Waals surface area contributed by atoms with E-state index >= 15 is 0 Å². The lowest BCUT2D eigenvalue weighted by molar-refractivity contribution is -0.117. The molecule has 1 atom stereocenters. The Bertz CT molecular complexity index is 1070. The highest BCUT2D eigenvalue weighted by Crippen LogP contribution is 2.32. The number of carbonyl (C=O) groups is 1. The van der Waals surface area contributed by atoms with Gasteiger partial charge in [-0.25, -0.2) is 9.50 Å². The molecule has 5 rings (SSSR count). The van der Waals surface area contributed by atoms with Crippen LogP contribution in [0, 0.1) is 12.8 Å². The van der Waals surface area contributed by atoms with Gasteiger partial charge in [0.2, 0.25) is 11.8 Å². The first-order valence-electron chi connectivity index (χ1n) is 10.4. The third kappa shape index (κ3) is 4.15. The molecule has 2 fully saturated rings. The zero-order valence-corrected chi connectivity index (χ0v) is 16.9. The smallest absolute Gasteiger partial charge is 0.228 e. The Balaban J connectivity index is 1.39. The maximum Gasteiger partial charge on any atom is 0.228 e. The predicted octanol–water partition coefficient (Wildman–Crippen LogP) is 2.42. The molecule has 1 saturated carbocycles. The maximum atomic E-state index is 12.0. The van der Waals surface area contributed by atoms with Gasteiger partial charge in [0.15, 0.2) is 5.82 Å². The van der Waals surface area contributed by atoms with Gasteiger partial charge in [-0.2, -0.15) is 5.10 Å². The molecule has 30 heavy (non-hydrogen) atoms. The number of hydrogen-bond acceptors (Lipinski definition) is 6. The zero-order chi connectivity index (χ0) is 20.5. The van der Waals surface area contributed by atoms with E-state index in [2.05, 4.69) is 26.8 Å². The summed E-state index contributed by atoms with van der Waals surface area (Å²) < 4.78 is 13.5. The van der Waals surface area contributed by atoms with Crippen LogP contribution in [-0.4, -0.2) is 52.9 Å². The molecule has 3 aromatic rings. The van der Waals surface area contributed by atoms with Crippen LogP contribution in [0.25, 0.3) is 16.6 Å². The van der Waals surface area contributed by atoms with Gasteiger partial charge in [-0.05, 0) is 49.1 Å². The van der Waals surface area contributed by atoms with Crippen molar-refractivity contribution in [2.75, 3.05) is 31.6 Å². The lowest BCUT2D eigenvalue weighted by Gasteiger charge is -2.23. The lowest BCUT2D eigenvalue weighted by Crippen LogP contribution is -2.41. The Kier molecular flexibility index (Phi) is 5.10. The molecule has 1 saturated heterocycles. The summed E-state index contributed by atoms with van der Waals surface area (Å²) in [4.78, 5) is 16.5. The fourth-order valence-electron chi connectivity index (χ4n) is 3.57. The van der Waals surface area contributed by atoms with E-state index in [0.717, 1.165) is 48.1 Å². The van der Waals surface area contributed by atoms with Crippen molar-refractivity contribution in [3.63, 3.8) is 0 Å². The molecule has 2 N–H and O–H groups in total. The number of nitrogens with zero attached hydrogens (tertiary/aromatic N) is 3. The van der Waals surface area contributed by atoms with E-state index in [0.29, 0.717) is 24.9 Å². The molecule has 1 aliphatic carbocycles. The molecule has 3 aromatic heterocycles. The number of hydrogen-bond donors (Lipinski definition) is 2. The van der Waals surface area contributed by atoms with Gasteiger partial charge in [-0.15, -0.1) is 0 Å². The SMILES string of the molecule is Cc1cnc(OC[C@@H]2CNCCO2)c(-c2ccn3nc(NC(=O)C4CC4)cc3c2)c1. The second-order valence-corrected chi connectivity index (χ2v) is 7.95. The van der Waals surface area contributed by atoms with Crippen molar-refractivity contribution in [3.8, 4) is 17.0 Å². The Morgan fingerprint density at radius 2 is 2.27 bits per heavy atom. The summed E-state index contributed by atoms with van der Waals surface area (Å²) in [5, 5.41) is 10.7. The number of ether oxygens (including phenoxy) is 2. The lowest BCUT2D eigenvalue weighted by atomic mass is 10.1. The number of aromatic nitrogens is 3. The van der Waals surface area contributed by atoms with Crippen LogP contribution in [0.5, 0.6) is 5.88 Å². The second-order valence-electron chi connectivity index (χ2n) is 7.95. The van der Waals surface area contributed by atoms with E-state index in [-0.39, 0.29) is 17.9 Å². The normalized spacial score (nSPS) is 19.0. The molecular weight excluding hydrogens is 382 g/mol. The monoisotopic (exact) mass is 407 g/mol. The fraction of sp³-hybridized carbons (Fsp3) is 0.409. The number of fused-ring (bicyclic) bond motifs is 1. The number of carbonyl (C=O) groups excluding carboxylic acids is 1. The van der Waals surface area contributed by atoms with Crippen molar-refractivity contribution < 1.29 is 14.3 Å². The van der Waals surface area contributed by atoms with Crippen molar-refractivity contribution in [1.29, 1.82) is 0 Å². The summed E-state index contributed by atoms with van der Waals surface area (Å²) in [6.45, 7) is 4.80. The highest BCUT2D eigenvalue weighted by Gasteiger charge is 2.30. The van der Waals surface area contributed by atoms with Gasteiger partial charge in [0.1, 0.15) is 12.7 Å². The van der Waals surface area contributed by atoms with Gasteiger partial charge in [0, 0.05) is 43.0 Å². The molecule has 0 spiro atoms. The minimum Gasteiger partial charge on any atom is -0.474 e. The minimum atomic E-state index is 0.0182. The molecule has 0 radical (unpaired) electrons. The first-order chi connectivity index (χ1) is 14.7. The quantitative estimate of drug-likeness (QED) is 0.652. The van der Waals surface area contributed by atoms with E-state index < -0.39 is 0 Å². The molecule has 0 aromatic carbocycles. The maximum absolute atomic E-state index is 12.0. The van der Waals surface area contributed by atoms with Crippen LogP contribution >= 0.6 is 0 Å². The Morgan fingerprint density at radius 1 is 1.37 bits per heavy atom. The van der Waals surface area contributed by atoms with Crippen LogP contribution in [-0.2, 0) is 9.53 Å². The highest BCUT2D eigenvalue weighted by molar-refractivity contribution is 5.93. The average Bonchev–Trinajstić information content (AvgIpc) is 3.54. The van der Waals surface area contributed by atoms with Crippen LogP contribution in [0.1, 0.15) is 18.4 Å². The zero-order valence-electron chi connectivity index (χ0n) is 16.9. The molecule has 2 aliphatic rings. The predicted molar refractivity (Wildman–Crippen MR) is 113 cm³/mol. The van der Waals surface area contributed by atoms with Crippen LogP contribution in [0.3, 0.4) is 0 Å². The van der Waals surface area contributed by atoms with Gasteiger partial charge >= 0.3 is 0 Å². The number of nitrogens with one attached hydrogen (secondary N) is 2. The van der Waals surface area contributed by atoms with Crippen LogP contribution in [0.2, 0.25) is 0 Å². The van der Waals surface area contributed by atoms with Crippen molar-refractivity contribution in [2.24, 2.45) is 5.92 Å². The first-order valence-corrected chi connectivity index (χ1v) is 10.4. The molecule has 1 amide bonds.